The number of nitrogens with zero attached hydrogens (tertiary/aromatic N) is 1. The first-order valence-corrected chi connectivity index (χ1v) is 8.81. The molecule has 0 aromatic carbocycles. The predicted molar refractivity (Wildman–Crippen MR) is 87.0 cm³/mol. The van der Waals surface area contributed by atoms with Crippen molar-refractivity contribution in [3.05, 3.63) is 0 Å². The van der Waals surface area contributed by atoms with E-state index in [0.29, 0.717) is 26.1 Å². The molecule has 1 spiro atoms. The van der Waals surface area contributed by atoms with Crippen molar-refractivity contribution in [2.75, 3.05) is 32.8 Å². The minimum absolute atomic E-state index is 0.0356. The molecule has 3 fully saturated rings. The lowest BCUT2D eigenvalue weighted by Gasteiger charge is -2.39. The first-order valence-electron chi connectivity index (χ1n) is 8.81. The van der Waals surface area contributed by atoms with Crippen molar-refractivity contribution in [3.63, 3.8) is 0 Å². The standard InChI is InChI=1S/C17H29N3O3/c1-16(2,23-9-13-4-5-13)10-19-15(22)20-7-3-6-17(12-20)8-14(21)18-11-17/h13H,3-12H2,1-2H3,(H,18,21)(H,19,22). The van der Waals surface area contributed by atoms with Crippen LogP contribution in [0.1, 0.15) is 46.0 Å². The van der Waals surface area contributed by atoms with Gasteiger partial charge in [-0.05, 0) is 45.4 Å². The van der Waals surface area contributed by atoms with E-state index < -0.39 is 0 Å². The number of hydrogen-bond donors (Lipinski definition) is 2. The van der Waals surface area contributed by atoms with Crippen LogP contribution in [-0.2, 0) is 9.53 Å². The molecule has 0 aromatic rings. The predicted octanol–water partition coefficient (Wildman–Crippen LogP) is 1.50. The fourth-order valence-electron chi connectivity index (χ4n) is 3.50. The van der Waals surface area contributed by atoms with E-state index in [9.17, 15) is 9.59 Å². The summed E-state index contributed by atoms with van der Waals surface area (Å²) in [5.41, 5.74) is -0.388. The number of likely N-dealkylation sites (tertiary alicyclic amines) is 1. The van der Waals surface area contributed by atoms with Gasteiger partial charge in [-0.25, -0.2) is 4.79 Å². The maximum absolute atomic E-state index is 12.5. The Morgan fingerprint density at radius 1 is 1.48 bits per heavy atom. The monoisotopic (exact) mass is 323 g/mol. The van der Waals surface area contributed by atoms with Gasteiger partial charge in [0, 0.05) is 38.0 Å². The van der Waals surface area contributed by atoms with Crippen molar-refractivity contribution >= 4 is 11.9 Å². The van der Waals surface area contributed by atoms with Gasteiger partial charge in [0.15, 0.2) is 0 Å². The number of hydrogen-bond acceptors (Lipinski definition) is 3. The molecule has 3 amide bonds. The van der Waals surface area contributed by atoms with Crippen LogP contribution in [0.4, 0.5) is 4.79 Å². The number of urea groups is 1. The third kappa shape index (κ3) is 4.37. The number of ether oxygens (including phenoxy) is 1. The first kappa shape index (κ1) is 16.6. The Labute approximate surface area is 138 Å². The Hall–Kier alpha value is -1.30. The van der Waals surface area contributed by atoms with Crippen LogP contribution < -0.4 is 10.6 Å². The molecule has 2 aliphatic heterocycles. The Morgan fingerprint density at radius 2 is 2.26 bits per heavy atom. The molecule has 23 heavy (non-hydrogen) atoms. The zero-order chi connectivity index (χ0) is 16.5. The lowest BCUT2D eigenvalue weighted by Crippen LogP contribution is -2.52. The quantitative estimate of drug-likeness (QED) is 0.805. The zero-order valence-electron chi connectivity index (χ0n) is 14.3. The third-order valence-corrected chi connectivity index (χ3v) is 5.22. The van der Waals surface area contributed by atoms with E-state index in [1.165, 1.54) is 12.8 Å². The van der Waals surface area contributed by atoms with E-state index >= 15 is 0 Å². The van der Waals surface area contributed by atoms with Crippen LogP contribution in [0.25, 0.3) is 0 Å². The van der Waals surface area contributed by atoms with Gasteiger partial charge in [-0.15, -0.1) is 0 Å². The number of carbonyl (C=O) groups is 2. The molecule has 0 bridgehead atoms. The van der Waals surface area contributed by atoms with Crippen LogP contribution >= 0.6 is 0 Å². The van der Waals surface area contributed by atoms with E-state index in [-0.39, 0.29) is 23.0 Å². The molecule has 1 unspecified atom stereocenters. The minimum atomic E-state index is -0.337. The van der Waals surface area contributed by atoms with Gasteiger partial charge in [-0.3, -0.25) is 4.79 Å². The molecule has 0 aromatic heterocycles. The molecular formula is C17H29N3O3. The van der Waals surface area contributed by atoms with Gasteiger partial charge in [0.25, 0.3) is 0 Å². The van der Waals surface area contributed by atoms with Crippen LogP contribution in [-0.4, -0.2) is 55.2 Å². The summed E-state index contributed by atoms with van der Waals surface area (Å²) in [7, 11) is 0. The minimum Gasteiger partial charge on any atom is -0.373 e. The molecule has 3 aliphatic rings. The molecule has 2 heterocycles. The van der Waals surface area contributed by atoms with Crippen LogP contribution in [0.5, 0.6) is 0 Å². The fraction of sp³-hybridized carbons (Fsp3) is 0.882. The number of piperidine rings is 1. The molecule has 1 aliphatic carbocycles. The molecule has 2 N–H and O–H groups in total. The molecule has 3 rings (SSSR count). The fourth-order valence-corrected chi connectivity index (χ4v) is 3.50. The summed E-state index contributed by atoms with van der Waals surface area (Å²) >= 11 is 0. The second kappa shape index (κ2) is 6.30. The van der Waals surface area contributed by atoms with Crippen LogP contribution in [0, 0.1) is 11.3 Å². The Bertz CT molecular complexity index is 476. The average Bonchev–Trinajstić information content (AvgIpc) is 3.28. The Kier molecular flexibility index (Phi) is 4.54. The number of amides is 3. The topological polar surface area (TPSA) is 70.7 Å². The van der Waals surface area contributed by atoms with Gasteiger partial charge in [-0.1, -0.05) is 0 Å². The van der Waals surface area contributed by atoms with Gasteiger partial charge < -0.3 is 20.3 Å². The number of rotatable bonds is 5. The van der Waals surface area contributed by atoms with Crippen LogP contribution in [0.2, 0.25) is 0 Å². The van der Waals surface area contributed by atoms with Gasteiger partial charge in [0.1, 0.15) is 0 Å². The molecule has 0 radical (unpaired) electrons. The summed E-state index contributed by atoms with van der Waals surface area (Å²) in [5, 5.41) is 5.92. The highest BCUT2D eigenvalue weighted by atomic mass is 16.5. The number of nitrogens with one attached hydrogen (secondary N) is 2. The van der Waals surface area contributed by atoms with E-state index in [4.69, 9.17) is 4.74 Å². The van der Waals surface area contributed by atoms with Crippen molar-refractivity contribution in [3.8, 4) is 0 Å². The summed E-state index contributed by atoms with van der Waals surface area (Å²) in [6, 6.07) is -0.0356. The summed E-state index contributed by atoms with van der Waals surface area (Å²) < 4.78 is 5.91. The molecule has 2 saturated heterocycles. The van der Waals surface area contributed by atoms with Gasteiger partial charge in [0.05, 0.1) is 12.2 Å². The summed E-state index contributed by atoms with van der Waals surface area (Å²) in [4.78, 5) is 25.9. The first-order chi connectivity index (χ1) is 10.9. The largest absolute Gasteiger partial charge is 0.373 e. The van der Waals surface area contributed by atoms with Crippen molar-refractivity contribution in [1.82, 2.24) is 15.5 Å². The van der Waals surface area contributed by atoms with E-state index in [2.05, 4.69) is 10.6 Å². The van der Waals surface area contributed by atoms with Gasteiger partial charge >= 0.3 is 6.03 Å². The van der Waals surface area contributed by atoms with Crippen molar-refractivity contribution < 1.29 is 14.3 Å². The van der Waals surface area contributed by atoms with Crippen LogP contribution in [0.15, 0.2) is 0 Å². The van der Waals surface area contributed by atoms with E-state index in [1.54, 1.807) is 0 Å². The molecule has 6 heteroatoms. The second-order valence-corrected chi connectivity index (χ2v) is 8.15. The summed E-state index contributed by atoms with van der Waals surface area (Å²) in [6.45, 7) is 7.49. The van der Waals surface area contributed by atoms with Gasteiger partial charge in [-0.2, -0.15) is 0 Å². The summed E-state index contributed by atoms with van der Waals surface area (Å²) in [6.07, 6.45) is 5.07. The third-order valence-electron chi connectivity index (χ3n) is 5.22. The highest BCUT2D eigenvalue weighted by Crippen LogP contribution is 2.36. The van der Waals surface area contributed by atoms with E-state index in [0.717, 1.165) is 31.9 Å². The maximum atomic E-state index is 12.5. The van der Waals surface area contributed by atoms with Crippen molar-refractivity contribution in [2.45, 2.75) is 51.6 Å². The highest BCUT2D eigenvalue weighted by molar-refractivity contribution is 5.80. The number of carbonyl (C=O) groups excluding carboxylic acids is 2. The molecule has 6 nitrogen and oxygen atoms in total. The van der Waals surface area contributed by atoms with Crippen molar-refractivity contribution in [2.24, 2.45) is 11.3 Å². The van der Waals surface area contributed by atoms with Gasteiger partial charge in [0.2, 0.25) is 5.91 Å². The maximum Gasteiger partial charge on any atom is 0.317 e. The molecule has 130 valence electrons. The van der Waals surface area contributed by atoms with E-state index in [1.807, 2.05) is 18.7 Å². The SMILES string of the molecule is CC(C)(CNC(=O)N1CCCC2(CNC(=O)C2)C1)OCC1CC1. The Morgan fingerprint density at radius 3 is 2.91 bits per heavy atom. The Balaban J connectivity index is 1.46. The normalized spacial score (nSPS) is 28.1. The lowest BCUT2D eigenvalue weighted by atomic mass is 9.79. The molecular weight excluding hydrogens is 294 g/mol. The zero-order valence-corrected chi connectivity index (χ0v) is 14.3. The highest BCUT2D eigenvalue weighted by Gasteiger charge is 2.42. The lowest BCUT2D eigenvalue weighted by molar-refractivity contribution is -0.119. The van der Waals surface area contributed by atoms with Crippen LogP contribution in [0.3, 0.4) is 0 Å². The van der Waals surface area contributed by atoms with Crippen molar-refractivity contribution in [1.29, 1.82) is 0 Å². The summed E-state index contributed by atoms with van der Waals surface area (Å²) in [5.74, 6) is 0.834. The second-order valence-electron chi connectivity index (χ2n) is 8.15. The average molecular weight is 323 g/mol. The molecule has 1 atom stereocenters. The molecule has 1 saturated carbocycles. The smallest absolute Gasteiger partial charge is 0.317 e.